The molecule has 4 heteroatoms. The second-order valence-electron chi connectivity index (χ2n) is 3.58. The summed E-state index contributed by atoms with van der Waals surface area (Å²) in [7, 11) is 1.72. The van der Waals surface area contributed by atoms with Crippen LogP contribution in [-0.2, 0) is 4.74 Å². The Morgan fingerprint density at radius 1 is 1.47 bits per heavy atom. The molecule has 1 rings (SSSR count). The quantitative estimate of drug-likeness (QED) is 0.772. The highest BCUT2D eigenvalue weighted by Crippen LogP contribution is 2.08. The predicted octanol–water partition coefficient (Wildman–Crippen LogP) is 1.55. The van der Waals surface area contributed by atoms with Crippen LogP contribution in [0, 0.1) is 0 Å². The normalized spacial score (nSPS) is 14.9. The maximum atomic E-state index is 5.13. The molecule has 0 bridgehead atoms. The monoisotopic (exact) mass is 209 g/mol. The van der Waals surface area contributed by atoms with E-state index in [9.17, 15) is 0 Å². The minimum absolute atomic E-state index is 0.207. The van der Waals surface area contributed by atoms with E-state index in [1.54, 1.807) is 25.7 Å². The molecule has 0 radical (unpaired) electrons. The van der Waals surface area contributed by atoms with Crippen LogP contribution < -0.4 is 5.32 Å². The molecule has 15 heavy (non-hydrogen) atoms. The number of methoxy groups -OCH3 is 1. The van der Waals surface area contributed by atoms with E-state index in [1.165, 1.54) is 0 Å². The van der Waals surface area contributed by atoms with Crippen molar-refractivity contribution in [3.8, 4) is 0 Å². The standard InChI is InChI=1S/C11H19N3O/c1-4-10(8-15-3)14-9(2)11-7-12-5-6-13-11/h5-7,9-10,14H,4,8H2,1-3H3. The number of hydrogen-bond acceptors (Lipinski definition) is 4. The molecule has 0 saturated carbocycles. The Labute approximate surface area is 91.1 Å². The molecule has 2 unspecified atom stereocenters. The number of nitrogens with one attached hydrogen (secondary N) is 1. The van der Waals surface area contributed by atoms with Crippen molar-refractivity contribution in [3.63, 3.8) is 0 Å². The lowest BCUT2D eigenvalue weighted by atomic mass is 10.2. The summed E-state index contributed by atoms with van der Waals surface area (Å²) < 4.78 is 5.13. The van der Waals surface area contributed by atoms with Crippen molar-refractivity contribution < 1.29 is 4.74 Å². The summed E-state index contributed by atoms with van der Waals surface area (Å²) >= 11 is 0. The largest absolute Gasteiger partial charge is 0.383 e. The molecule has 0 spiro atoms. The zero-order chi connectivity index (χ0) is 11.1. The van der Waals surface area contributed by atoms with Crippen LogP contribution in [0.15, 0.2) is 18.6 Å². The molecular formula is C11H19N3O. The fourth-order valence-electron chi connectivity index (χ4n) is 1.46. The maximum absolute atomic E-state index is 5.13. The van der Waals surface area contributed by atoms with Gasteiger partial charge in [0.15, 0.2) is 0 Å². The third-order valence-corrected chi connectivity index (χ3v) is 2.37. The van der Waals surface area contributed by atoms with Gasteiger partial charge in [-0.25, -0.2) is 0 Å². The number of nitrogens with zero attached hydrogens (tertiary/aromatic N) is 2. The number of rotatable bonds is 6. The van der Waals surface area contributed by atoms with Gasteiger partial charge in [0.2, 0.25) is 0 Å². The average Bonchev–Trinajstić information content (AvgIpc) is 2.29. The van der Waals surface area contributed by atoms with Crippen molar-refractivity contribution in [3.05, 3.63) is 24.3 Å². The smallest absolute Gasteiger partial charge is 0.0753 e. The Morgan fingerprint density at radius 2 is 2.27 bits per heavy atom. The summed E-state index contributed by atoms with van der Waals surface area (Å²) in [6.45, 7) is 4.95. The summed E-state index contributed by atoms with van der Waals surface area (Å²) in [5.41, 5.74) is 0.965. The SMILES string of the molecule is CCC(COC)NC(C)c1cnccn1. The summed E-state index contributed by atoms with van der Waals surface area (Å²) in [6.07, 6.45) is 6.23. The van der Waals surface area contributed by atoms with Gasteiger partial charge in [0, 0.05) is 37.8 Å². The Kier molecular flexibility index (Phi) is 5.21. The molecule has 1 aromatic heterocycles. The zero-order valence-corrected chi connectivity index (χ0v) is 9.60. The number of hydrogen-bond donors (Lipinski definition) is 1. The van der Waals surface area contributed by atoms with E-state index in [-0.39, 0.29) is 6.04 Å². The molecule has 0 saturated heterocycles. The minimum atomic E-state index is 0.207. The number of ether oxygens (including phenoxy) is 1. The van der Waals surface area contributed by atoms with Crippen LogP contribution in [0.4, 0.5) is 0 Å². The second-order valence-corrected chi connectivity index (χ2v) is 3.58. The van der Waals surface area contributed by atoms with Gasteiger partial charge >= 0.3 is 0 Å². The Bertz CT molecular complexity index is 266. The van der Waals surface area contributed by atoms with Gasteiger partial charge in [0.1, 0.15) is 0 Å². The van der Waals surface area contributed by atoms with E-state index >= 15 is 0 Å². The minimum Gasteiger partial charge on any atom is -0.383 e. The van der Waals surface area contributed by atoms with Crippen LogP contribution in [0.3, 0.4) is 0 Å². The predicted molar refractivity (Wildman–Crippen MR) is 59.5 cm³/mol. The summed E-state index contributed by atoms with van der Waals surface area (Å²) in [4.78, 5) is 8.31. The molecule has 0 aliphatic heterocycles. The van der Waals surface area contributed by atoms with E-state index in [2.05, 4.69) is 29.1 Å². The molecule has 84 valence electrons. The van der Waals surface area contributed by atoms with Crippen LogP contribution in [0.1, 0.15) is 32.0 Å². The molecule has 2 atom stereocenters. The van der Waals surface area contributed by atoms with E-state index < -0.39 is 0 Å². The highest BCUT2D eigenvalue weighted by Gasteiger charge is 2.12. The van der Waals surface area contributed by atoms with Crippen molar-refractivity contribution in [1.29, 1.82) is 0 Å². The van der Waals surface area contributed by atoms with E-state index in [0.717, 1.165) is 18.7 Å². The van der Waals surface area contributed by atoms with Crippen LogP contribution in [0.25, 0.3) is 0 Å². The zero-order valence-electron chi connectivity index (χ0n) is 9.60. The summed E-state index contributed by atoms with van der Waals surface area (Å²) in [5, 5.41) is 3.46. The number of aromatic nitrogens is 2. The highest BCUT2D eigenvalue weighted by molar-refractivity contribution is 5.01. The topological polar surface area (TPSA) is 47.0 Å². The molecule has 0 aliphatic carbocycles. The van der Waals surface area contributed by atoms with Crippen LogP contribution in [-0.4, -0.2) is 29.7 Å². The van der Waals surface area contributed by atoms with Crippen molar-refractivity contribution in [2.24, 2.45) is 0 Å². The van der Waals surface area contributed by atoms with Gasteiger partial charge in [0.05, 0.1) is 12.3 Å². The third-order valence-electron chi connectivity index (χ3n) is 2.37. The average molecular weight is 209 g/mol. The lowest BCUT2D eigenvalue weighted by Crippen LogP contribution is -2.34. The fraction of sp³-hybridized carbons (Fsp3) is 0.636. The Morgan fingerprint density at radius 3 is 2.80 bits per heavy atom. The fourth-order valence-corrected chi connectivity index (χ4v) is 1.46. The first-order chi connectivity index (χ1) is 7.27. The molecule has 1 aromatic rings. The lowest BCUT2D eigenvalue weighted by molar-refractivity contribution is 0.159. The molecule has 0 amide bonds. The molecule has 0 aromatic carbocycles. The van der Waals surface area contributed by atoms with Gasteiger partial charge < -0.3 is 10.1 Å². The Balaban J connectivity index is 2.50. The van der Waals surface area contributed by atoms with E-state index in [1.807, 2.05) is 0 Å². The molecule has 0 aliphatic rings. The molecule has 1 N–H and O–H groups in total. The third kappa shape index (κ3) is 3.93. The van der Waals surface area contributed by atoms with Crippen molar-refractivity contribution >= 4 is 0 Å². The first-order valence-corrected chi connectivity index (χ1v) is 5.28. The highest BCUT2D eigenvalue weighted by atomic mass is 16.5. The van der Waals surface area contributed by atoms with E-state index in [0.29, 0.717) is 6.04 Å². The lowest BCUT2D eigenvalue weighted by Gasteiger charge is -2.20. The van der Waals surface area contributed by atoms with Crippen LogP contribution >= 0.6 is 0 Å². The second kappa shape index (κ2) is 6.48. The van der Waals surface area contributed by atoms with Gasteiger partial charge in [-0.05, 0) is 13.3 Å². The maximum Gasteiger partial charge on any atom is 0.0753 e. The van der Waals surface area contributed by atoms with Crippen molar-refractivity contribution in [1.82, 2.24) is 15.3 Å². The molecular weight excluding hydrogens is 190 g/mol. The van der Waals surface area contributed by atoms with Gasteiger partial charge in [-0.2, -0.15) is 0 Å². The first-order valence-electron chi connectivity index (χ1n) is 5.28. The first kappa shape index (κ1) is 12.1. The van der Waals surface area contributed by atoms with Crippen molar-refractivity contribution in [2.75, 3.05) is 13.7 Å². The summed E-state index contributed by atoms with van der Waals surface area (Å²) in [6, 6.07) is 0.575. The Hall–Kier alpha value is -1.00. The van der Waals surface area contributed by atoms with Crippen molar-refractivity contribution in [2.45, 2.75) is 32.4 Å². The van der Waals surface area contributed by atoms with Gasteiger partial charge in [-0.3, -0.25) is 9.97 Å². The molecule has 4 nitrogen and oxygen atoms in total. The van der Waals surface area contributed by atoms with Crippen LogP contribution in [0.5, 0.6) is 0 Å². The van der Waals surface area contributed by atoms with Gasteiger partial charge in [-0.15, -0.1) is 0 Å². The van der Waals surface area contributed by atoms with Crippen LogP contribution in [0.2, 0.25) is 0 Å². The van der Waals surface area contributed by atoms with E-state index in [4.69, 9.17) is 4.74 Å². The summed E-state index contributed by atoms with van der Waals surface area (Å²) in [5.74, 6) is 0. The molecule has 0 fully saturated rings. The van der Waals surface area contributed by atoms with Gasteiger partial charge in [-0.1, -0.05) is 6.92 Å². The van der Waals surface area contributed by atoms with Gasteiger partial charge in [0.25, 0.3) is 0 Å². The molecule has 1 heterocycles.